The topological polar surface area (TPSA) is 128 Å². The number of tetrazole rings is 1. The molecule has 1 aliphatic rings. The second-order valence-corrected chi connectivity index (χ2v) is 7.67. The van der Waals surface area contributed by atoms with Crippen molar-refractivity contribution in [1.82, 2.24) is 20.2 Å². The molecule has 0 amide bonds. The minimum atomic E-state index is -0.883. The molecule has 11 heteroatoms. The van der Waals surface area contributed by atoms with Gasteiger partial charge in [0.25, 0.3) is 0 Å². The van der Waals surface area contributed by atoms with Crippen LogP contribution >= 0.6 is 15.9 Å². The van der Waals surface area contributed by atoms with Gasteiger partial charge in [-0.1, -0.05) is 27.1 Å². The Balaban J connectivity index is 1.94. The van der Waals surface area contributed by atoms with Gasteiger partial charge in [0, 0.05) is 10.0 Å². The van der Waals surface area contributed by atoms with Gasteiger partial charge in [0.15, 0.2) is 17.3 Å². The van der Waals surface area contributed by atoms with E-state index in [2.05, 4.69) is 36.8 Å². The molecule has 164 valence electrons. The fourth-order valence-corrected chi connectivity index (χ4v) is 3.69. The van der Waals surface area contributed by atoms with Gasteiger partial charge in [-0.25, -0.2) is 4.79 Å². The van der Waals surface area contributed by atoms with Gasteiger partial charge in [0.1, 0.15) is 11.7 Å². The summed E-state index contributed by atoms with van der Waals surface area (Å²) in [6.45, 7) is 2.11. The highest BCUT2D eigenvalue weighted by Gasteiger charge is 2.38. The van der Waals surface area contributed by atoms with Gasteiger partial charge in [-0.15, -0.1) is 0 Å². The Bertz CT molecular complexity index is 1220. The number of esters is 1. The van der Waals surface area contributed by atoms with Gasteiger partial charge in [-0.05, 0) is 59.3 Å². The molecule has 0 unspecified atom stereocenters. The van der Waals surface area contributed by atoms with Crippen LogP contribution in [0.25, 0.3) is 0 Å². The Kier molecular flexibility index (Phi) is 5.91. The Morgan fingerprint density at radius 1 is 1.22 bits per heavy atom. The van der Waals surface area contributed by atoms with E-state index in [1.54, 1.807) is 43.3 Å². The molecule has 1 aromatic heterocycles. The maximum Gasteiger partial charge on any atom is 0.355 e. The summed E-state index contributed by atoms with van der Waals surface area (Å²) in [5.41, 5.74) is 0.908. The molecule has 1 atom stereocenters. The maximum absolute atomic E-state index is 13.7. The minimum Gasteiger partial charge on any atom is -0.504 e. The fraction of sp³-hybridized carbons (Fsp3) is 0.190. The molecule has 3 aromatic rings. The normalized spacial score (nSPS) is 15.0. The predicted octanol–water partition coefficient (Wildman–Crippen LogP) is 2.86. The molecule has 2 aromatic carbocycles. The summed E-state index contributed by atoms with van der Waals surface area (Å²) in [7, 11) is 1.22. The number of phenolic OH excluding ortho intramolecular Hbond substituents is 1. The van der Waals surface area contributed by atoms with Crippen molar-refractivity contribution in [3.8, 4) is 11.5 Å². The Morgan fingerprint density at radius 3 is 2.66 bits per heavy atom. The number of nitrogens with zero attached hydrogens (tertiary/aromatic N) is 4. The van der Waals surface area contributed by atoms with E-state index >= 15 is 0 Å². The van der Waals surface area contributed by atoms with Crippen LogP contribution in [0.1, 0.15) is 28.9 Å². The number of halogens is 1. The van der Waals surface area contributed by atoms with Crippen LogP contribution in [0.5, 0.6) is 11.5 Å². The zero-order valence-corrected chi connectivity index (χ0v) is 18.7. The maximum atomic E-state index is 13.7. The molecule has 0 saturated carbocycles. The van der Waals surface area contributed by atoms with Gasteiger partial charge < -0.3 is 19.9 Å². The molecule has 10 nitrogen and oxygen atoms in total. The molecular weight excluding hydrogens is 482 g/mol. The van der Waals surface area contributed by atoms with Crippen LogP contribution in [0.15, 0.2) is 58.2 Å². The van der Waals surface area contributed by atoms with E-state index in [0.717, 1.165) is 4.47 Å². The summed E-state index contributed by atoms with van der Waals surface area (Å²) in [6.07, 6.45) is 0. The van der Waals surface area contributed by atoms with Gasteiger partial charge in [0.2, 0.25) is 5.95 Å². The fourth-order valence-electron chi connectivity index (χ4n) is 3.43. The number of Topliss-reactive ketones (excluding diaryl/α,β-unsaturated/α-hetero) is 1. The number of methoxy groups -OCH3 is 1. The molecule has 4 rings (SSSR count). The van der Waals surface area contributed by atoms with Crippen molar-refractivity contribution in [3.05, 3.63) is 69.3 Å². The summed E-state index contributed by atoms with van der Waals surface area (Å²) >= 11 is 3.35. The smallest absolute Gasteiger partial charge is 0.355 e. The zero-order chi connectivity index (χ0) is 22.8. The van der Waals surface area contributed by atoms with Gasteiger partial charge in [-0.2, -0.15) is 4.68 Å². The number of allylic oxidation sites excluding steroid dienone is 1. The number of hydrogen-bond donors (Lipinski definition) is 2. The third-order valence-corrected chi connectivity index (χ3v) is 5.39. The average molecular weight is 500 g/mol. The highest BCUT2D eigenvalue weighted by atomic mass is 79.9. The first-order valence-electron chi connectivity index (χ1n) is 9.58. The first-order valence-corrected chi connectivity index (χ1v) is 10.4. The molecule has 1 aliphatic heterocycles. The number of carbonyl (C=O) groups is 2. The summed E-state index contributed by atoms with van der Waals surface area (Å²) in [5, 5.41) is 24.5. The number of ketones is 1. The lowest BCUT2D eigenvalue weighted by Gasteiger charge is -2.28. The number of hydrogen-bond acceptors (Lipinski definition) is 9. The molecule has 0 aliphatic carbocycles. The van der Waals surface area contributed by atoms with E-state index < -0.39 is 17.8 Å². The van der Waals surface area contributed by atoms with Crippen LogP contribution in [0.3, 0.4) is 0 Å². The average Bonchev–Trinajstić information content (AvgIpc) is 3.27. The number of carbonyl (C=O) groups excluding carboxylic acids is 2. The Morgan fingerprint density at radius 2 is 1.97 bits per heavy atom. The van der Waals surface area contributed by atoms with Crippen molar-refractivity contribution < 1.29 is 24.2 Å². The summed E-state index contributed by atoms with van der Waals surface area (Å²) < 4.78 is 12.6. The number of aromatic nitrogens is 4. The SMILES string of the molecule is CCOc1cc([C@H]2C(C(=O)c3ccc(Br)cc3)=C(C(=O)OC)Nc3nnnn32)ccc1O. The molecule has 2 heterocycles. The number of aromatic hydroxyl groups is 1. The first-order chi connectivity index (χ1) is 15.4. The van der Waals surface area contributed by atoms with Crippen LogP contribution in [0, 0.1) is 0 Å². The van der Waals surface area contributed by atoms with E-state index in [1.165, 1.54) is 17.9 Å². The standard InChI is InChI=1S/C21H18BrN5O5/c1-3-32-15-10-12(6-9-14(15)28)18-16(19(29)11-4-7-13(22)8-5-11)17(20(30)31-2)23-21-24-25-26-27(18)21/h4-10,18,28H,3H2,1-2H3,(H,23,24,26)/t18-/m0/s1. The molecule has 32 heavy (non-hydrogen) atoms. The highest BCUT2D eigenvalue weighted by molar-refractivity contribution is 9.10. The molecule has 2 N–H and O–H groups in total. The Labute approximate surface area is 191 Å². The molecule has 0 bridgehead atoms. The van der Waals surface area contributed by atoms with Crippen LogP contribution < -0.4 is 10.1 Å². The first kappa shape index (κ1) is 21.5. The van der Waals surface area contributed by atoms with Crippen molar-refractivity contribution in [2.75, 3.05) is 19.0 Å². The van der Waals surface area contributed by atoms with E-state index in [0.29, 0.717) is 17.7 Å². The number of rotatable bonds is 6. The molecule has 0 radical (unpaired) electrons. The third kappa shape index (κ3) is 3.82. The molecule has 0 spiro atoms. The van der Waals surface area contributed by atoms with E-state index in [-0.39, 0.29) is 28.7 Å². The summed E-state index contributed by atoms with van der Waals surface area (Å²) in [5.74, 6) is -0.822. The van der Waals surface area contributed by atoms with E-state index in [1.807, 2.05) is 0 Å². The number of benzene rings is 2. The van der Waals surface area contributed by atoms with Crippen LogP contribution in [-0.2, 0) is 9.53 Å². The van der Waals surface area contributed by atoms with Crippen molar-refractivity contribution in [2.24, 2.45) is 0 Å². The van der Waals surface area contributed by atoms with Crippen molar-refractivity contribution in [2.45, 2.75) is 13.0 Å². The van der Waals surface area contributed by atoms with Crippen molar-refractivity contribution in [3.63, 3.8) is 0 Å². The number of anilines is 1. The minimum absolute atomic E-state index is 0.0561. The zero-order valence-electron chi connectivity index (χ0n) is 17.1. The second kappa shape index (κ2) is 8.79. The summed E-state index contributed by atoms with van der Waals surface area (Å²) in [4.78, 5) is 26.3. The largest absolute Gasteiger partial charge is 0.504 e. The van der Waals surface area contributed by atoms with Crippen LogP contribution in [0.4, 0.5) is 5.95 Å². The third-order valence-electron chi connectivity index (χ3n) is 4.86. The number of nitrogens with one attached hydrogen (secondary N) is 1. The second-order valence-electron chi connectivity index (χ2n) is 6.75. The van der Waals surface area contributed by atoms with E-state index in [4.69, 9.17) is 9.47 Å². The molecule has 0 saturated heterocycles. The van der Waals surface area contributed by atoms with Gasteiger partial charge in [0.05, 0.1) is 19.3 Å². The lowest BCUT2D eigenvalue weighted by molar-refractivity contribution is -0.136. The van der Waals surface area contributed by atoms with Gasteiger partial charge in [-0.3, -0.25) is 4.79 Å². The monoisotopic (exact) mass is 499 g/mol. The summed E-state index contributed by atoms with van der Waals surface area (Å²) in [6, 6.07) is 10.5. The highest BCUT2D eigenvalue weighted by Crippen LogP contribution is 2.39. The number of phenols is 1. The number of ether oxygens (including phenoxy) is 2. The van der Waals surface area contributed by atoms with Crippen LogP contribution in [0.2, 0.25) is 0 Å². The Hall–Kier alpha value is -3.73. The molecule has 0 fully saturated rings. The van der Waals surface area contributed by atoms with E-state index in [9.17, 15) is 14.7 Å². The number of fused-ring (bicyclic) bond motifs is 1. The van der Waals surface area contributed by atoms with Crippen molar-refractivity contribution >= 4 is 33.6 Å². The van der Waals surface area contributed by atoms with Gasteiger partial charge >= 0.3 is 5.97 Å². The quantitative estimate of drug-likeness (QED) is 0.388. The lowest BCUT2D eigenvalue weighted by Crippen LogP contribution is -2.33. The van der Waals surface area contributed by atoms with Crippen LogP contribution in [-0.4, -0.2) is 50.8 Å². The predicted molar refractivity (Wildman–Crippen MR) is 116 cm³/mol. The van der Waals surface area contributed by atoms with Crippen molar-refractivity contribution in [1.29, 1.82) is 0 Å². The lowest BCUT2D eigenvalue weighted by atomic mass is 9.89. The molecular formula is C21H18BrN5O5.